The number of rotatable bonds is 3. The van der Waals surface area contributed by atoms with Crippen molar-refractivity contribution in [3.05, 3.63) is 28.8 Å². The molecule has 1 rings (SSSR count). The molecule has 0 spiro atoms. The van der Waals surface area contributed by atoms with Gasteiger partial charge in [0.05, 0.1) is 16.3 Å². The minimum atomic E-state index is -0.0525. The van der Waals surface area contributed by atoms with Gasteiger partial charge in [0.25, 0.3) is 0 Å². The average molecular weight is 224 g/mol. The van der Waals surface area contributed by atoms with Crippen LogP contribution in [0, 0.1) is 0 Å². The summed E-state index contributed by atoms with van der Waals surface area (Å²) >= 11 is 5.96. The third kappa shape index (κ3) is 2.90. The van der Waals surface area contributed by atoms with Crippen molar-refractivity contribution in [1.29, 1.82) is 0 Å². The van der Waals surface area contributed by atoms with E-state index in [1.54, 1.807) is 12.1 Å². The number of carbonyl (C=O) groups is 1. The van der Waals surface area contributed by atoms with Crippen molar-refractivity contribution in [2.24, 2.45) is 4.99 Å². The maximum Gasteiger partial charge on any atom is 0.163 e. The largest absolute Gasteiger partial charge is 0.294 e. The highest BCUT2D eigenvalue weighted by atomic mass is 35.5. The predicted octanol–water partition coefficient (Wildman–Crippen LogP) is 4.05. The van der Waals surface area contributed by atoms with Gasteiger partial charge >= 0.3 is 0 Å². The van der Waals surface area contributed by atoms with E-state index in [1.165, 1.54) is 6.92 Å². The lowest BCUT2D eigenvalue weighted by atomic mass is 10.1. The van der Waals surface area contributed by atoms with Crippen LogP contribution in [-0.2, 0) is 0 Å². The maximum absolute atomic E-state index is 11.4. The summed E-state index contributed by atoms with van der Waals surface area (Å²) < 4.78 is 0. The molecule has 0 N–H and O–H groups in total. The van der Waals surface area contributed by atoms with E-state index in [2.05, 4.69) is 4.99 Å². The van der Waals surface area contributed by atoms with Crippen LogP contribution in [0.5, 0.6) is 0 Å². The van der Waals surface area contributed by atoms with Gasteiger partial charge < -0.3 is 0 Å². The van der Waals surface area contributed by atoms with E-state index in [9.17, 15) is 4.79 Å². The predicted molar refractivity (Wildman–Crippen MR) is 64.5 cm³/mol. The fourth-order valence-electron chi connectivity index (χ4n) is 1.24. The Morgan fingerprint density at radius 1 is 1.40 bits per heavy atom. The molecule has 0 aliphatic rings. The maximum atomic E-state index is 11.4. The molecule has 1 aromatic carbocycles. The summed E-state index contributed by atoms with van der Waals surface area (Å²) in [4.78, 5) is 15.8. The second-order valence-corrected chi connectivity index (χ2v) is 3.80. The molecule has 0 radical (unpaired) electrons. The molecule has 0 atom stereocenters. The summed E-state index contributed by atoms with van der Waals surface area (Å²) in [6.07, 6.45) is 0.865. The minimum Gasteiger partial charge on any atom is -0.294 e. The number of carbonyl (C=O) groups excluding carboxylic acids is 1. The van der Waals surface area contributed by atoms with Crippen molar-refractivity contribution in [2.75, 3.05) is 0 Å². The van der Waals surface area contributed by atoms with Crippen LogP contribution in [0.3, 0.4) is 0 Å². The summed E-state index contributed by atoms with van der Waals surface area (Å²) in [5.74, 6) is -0.0525. The molecule has 0 saturated heterocycles. The van der Waals surface area contributed by atoms with Crippen LogP contribution >= 0.6 is 11.6 Å². The van der Waals surface area contributed by atoms with Crippen LogP contribution in [0.15, 0.2) is 23.2 Å². The molecular formula is C12H14ClNO. The second kappa shape index (κ2) is 5.08. The summed E-state index contributed by atoms with van der Waals surface area (Å²) in [5, 5.41) is 0.465. The Kier molecular flexibility index (Phi) is 4.04. The van der Waals surface area contributed by atoms with Crippen LogP contribution in [-0.4, -0.2) is 11.5 Å². The van der Waals surface area contributed by atoms with E-state index in [1.807, 2.05) is 19.9 Å². The Morgan fingerprint density at radius 3 is 2.60 bits per heavy atom. The summed E-state index contributed by atoms with van der Waals surface area (Å²) in [6.45, 7) is 5.46. The number of nitrogens with zero attached hydrogens (tertiary/aromatic N) is 1. The van der Waals surface area contributed by atoms with Crippen LogP contribution in [0.2, 0.25) is 5.02 Å². The molecule has 2 nitrogen and oxygen atoms in total. The van der Waals surface area contributed by atoms with Crippen molar-refractivity contribution < 1.29 is 4.79 Å². The Hall–Kier alpha value is -1.15. The number of hydrogen-bond donors (Lipinski definition) is 0. The first kappa shape index (κ1) is 11.9. The molecule has 0 unspecified atom stereocenters. The third-order valence-electron chi connectivity index (χ3n) is 2.17. The Labute approximate surface area is 95.0 Å². The first-order valence-corrected chi connectivity index (χ1v) is 5.27. The lowest BCUT2D eigenvalue weighted by Gasteiger charge is -2.05. The second-order valence-electron chi connectivity index (χ2n) is 3.39. The highest BCUT2D eigenvalue weighted by Crippen LogP contribution is 2.27. The fraction of sp³-hybridized carbons (Fsp3) is 0.333. The van der Waals surface area contributed by atoms with E-state index in [4.69, 9.17) is 11.6 Å². The van der Waals surface area contributed by atoms with Gasteiger partial charge in [0.1, 0.15) is 0 Å². The zero-order chi connectivity index (χ0) is 11.4. The molecule has 3 heteroatoms. The van der Waals surface area contributed by atoms with Gasteiger partial charge in [-0.15, -0.1) is 0 Å². The Bertz CT molecular complexity index is 410. The lowest BCUT2D eigenvalue weighted by molar-refractivity contribution is 0.101. The van der Waals surface area contributed by atoms with Gasteiger partial charge in [-0.25, -0.2) is 0 Å². The normalized spacial score (nSPS) is 11.6. The van der Waals surface area contributed by atoms with E-state index < -0.39 is 0 Å². The van der Waals surface area contributed by atoms with Gasteiger partial charge in [0.15, 0.2) is 5.78 Å². The molecule has 15 heavy (non-hydrogen) atoms. The lowest BCUT2D eigenvalue weighted by Crippen LogP contribution is -1.95. The summed E-state index contributed by atoms with van der Waals surface area (Å²) in [5.41, 5.74) is 2.15. The Balaban J connectivity index is 3.29. The number of halogens is 1. The smallest absolute Gasteiger partial charge is 0.163 e. The SMILES string of the molecule is CCC(C)=Nc1cccc(Cl)c1C(C)=O. The van der Waals surface area contributed by atoms with E-state index in [-0.39, 0.29) is 5.78 Å². The average Bonchev–Trinajstić information content (AvgIpc) is 2.17. The minimum absolute atomic E-state index is 0.0525. The fourth-order valence-corrected chi connectivity index (χ4v) is 1.54. The molecule has 0 aromatic heterocycles. The van der Waals surface area contributed by atoms with Crippen LogP contribution in [0.25, 0.3) is 0 Å². The number of hydrogen-bond acceptors (Lipinski definition) is 2. The summed E-state index contributed by atoms with van der Waals surface area (Å²) in [7, 11) is 0. The van der Waals surface area contributed by atoms with Crippen molar-refractivity contribution in [1.82, 2.24) is 0 Å². The van der Waals surface area contributed by atoms with Crippen LogP contribution in [0.1, 0.15) is 37.6 Å². The molecule has 0 heterocycles. The molecule has 0 aliphatic heterocycles. The van der Waals surface area contributed by atoms with E-state index in [0.29, 0.717) is 16.3 Å². The molecule has 0 fully saturated rings. The number of ketones is 1. The van der Waals surface area contributed by atoms with Crippen molar-refractivity contribution in [3.8, 4) is 0 Å². The van der Waals surface area contributed by atoms with Gasteiger partial charge in [-0.1, -0.05) is 24.6 Å². The molecule has 0 amide bonds. The van der Waals surface area contributed by atoms with Crippen LogP contribution < -0.4 is 0 Å². The molecular weight excluding hydrogens is 210 g/mol. The molecule has 0 bridgehead atoms. The highest BCUT2D eigenvalue weighted by molar-refractivity contribution is 6.34. The van der Waals surface area contributed by atoms with Gasteiger partial charge in [-0.3, -0.25) is 9.79 Å². The van der Waals surface area contributed by atoms with Crippen molar-refractivity contribution in [3.63, 3.8) is 0 Å². The topological polar surface area (TPSA) is 29.4 Å². The molecule has 1 aromatic rings. The van der Waals surface area contributed by atoms with Gasteiger partial charge in [0, 0.05) is 5.71 Å². The van der Waals surface area contributed by atoms with E-state index >= 15 is 0 Å². The number of Topliss-reactive ketones (excluding diaryl/α,β-unsaturated/α-hetero) is 1. The monoisotopic (exact) mass is 223 g/mol. The third-order valence-corrected chi connectivity index (χ3v) is 2.48. The zero-order valence-electron chi connectivity index (χ0n) is 9.17. The van der Waals surface area contributed by atoms with Gasteiger partial charge in [0.2, 0.25) is 0 Å². The summed E-state index contributed by atoms with van der Waals surface area (Å²) in [6, 6.07) is 5.32. The molecule has 0 saturated carbocycles. The standard InChI is InChI=1S/C12H14ClNO/c1-4-8(2)14-11-7-5-6-10(13)12(11)9(3)15/h5-7H,4H2,1-3H3. The number of aliphatic imine (C=N–C) groups is 1. The Morgan fingerprint density at radius 2 is 2.07 bits per heavy atom. The van der Waals surface area contributed by atoms with Crippen LogP contribution in [0.4, 0.5) is 5.69 Å². The van der Waals surface area contributed by atoms with Gasteiger partial charge in [-0.2, -0.15) is 0 Å². The quantitative estimate of drug-likeness (QED) is 0.562. The van der Waals surface area contributed by atoms with Gasteiger partial charge in [-0.05, 0) is 32.4 Å². The number of benzene rings is 1. The van der Waals surface area contributed by atoms with Crippen molar-refractivity contribution >= 4 is 28.8 Å². The molecule has 80 valence electrons. The first-order chi connectivity index (χ1) is 7.06. The highest BCUT2D eigenvalue weighted by Gasteiger charge is 2.10. The van der Waals surface area contributed by atoms with E-state index in [0.717, 1.165) is 12.1 Å². The first-order valence-electron chi connectivity index (χ1n) is 4.89. The zero-order valence-corrected chi connectivity index (χ0v) is 9.93. The van der Waals surface area contributed by atoms with Crippen molar-refractivity contribution in [2.45, 2.75) is 27.2 Å². The molecule has 0 aliphatic carbocycles.